The van der Waals surface area contributed by atoms with Crippen LogP contribution >= 0.6 is 15.9 Å². The minimum atomic E-state index is -3.80. The Bertz CT molecular complexity index is 975. The Balaban J connectivity index is 1.97. The number of benzene rings is 2. The molecule has 1 N–H and O–H groups in total. The van der Waals surface area contributed by atoms with Crippen molar-refractivity contribution >= 4 is 43.2 Å². The van der Waals surface area contributed by atoms with E-state index in [0.717, 1.165) is 10.0 Å². The molecule has 1 unspecified atom stereocenters. The molecule has 0 saturated heterocycles. The second-order valence-electron chi connectivity index (χ2n) is 6.26. The molecule has 0 spiro atoms. The molecule has 3 rings (SSSR count). The van der Waals surface area contributed by atoms with E-state index in [-0.39, 0.29) is 16.9 Å². The Morgan fingerprint density at radius 2 is 2.00 bits per heavy atom. The predicted molar refractivity (Wildman–Crippen MR) is 104 cm³/mol. The second-order valence-corrected chi connectivity index (χ2v) is 8.79. The van der Waals surface area contributed by atoms with E-state index in [4.69, 9.17) is 4.74 Å². The SMILES string of the molecule is CC(=O)N1CC(C)Oc2ccc(S(=O)(=O)Nc3ccc(Br)c(C)c3)cc21. The van der Waals surface area contributed by atoms with Gasteiger partial charge in [-0.25, -0.2) is 8.42 Å². The lowest BCUT2D eigenvalue weighted by atomic mass is 10.2. The number of halogens is 1. The first-order valence-electron chi connectivity index (χ1n) is 8.05. The van der Waals surface area contributed by atoms with Gasteiger partial charge < -0.3 is 9.64 Å². The van der Waals surface area contributed by atoms with E-state index in [2.05, 4.69) is 20.7 Å². The van der Waals surface area contributed by atoms with Crippen molar-refractivity contribution in [1.82, 2.24) is 0 Å². The molecule has 2 aromatic rings. The molecule has 26 heavy (non-hydrogen) atoms. The van der Waals surface area contributed by atoms with Crippen LogP contribution in [0, 0.1) is 6.92 Å². The third kappa shape index (κ3) is 3.71. The Morgan fingerprint density at radius 1 is 1.27 bits per heavy atom. The third-order valence-corrected chi connectivity index (χ3v) is 6.36. The van der Waals surface area contributed by atoms with Gasteiger partial charge in [0.05, 0.1) is 17.1 Å². The number of carbonyl (C=O) groups is 1. The summed E-state index contributed by atoms with van der Waals surface area (Å²) in [5.41, 5.74) is 1.85. The summed E-state index contributed by atoms with van der Waals surface area (Å²) >= 11 is 3.39. The summed E-state index contributed by atoms with van der Waals surface area (Å²) in [5.74, 6) is 0.338. The molecule has 138 valence electrons. The fourth-order valence-corrected chi connectivity index (χ4v) is 4.12. The zero-order valence-corrected chi connectivity index (χ0v) is 17.0. The predicted octanol–water partition coefficient (Wildman–Crippen LogP) is 3.69. The lowest BCUT2D eigenvalue weighted by Crippen LogP contribution is -2.41. The molecule has 0 fully saturated rings. The summed E-state index contributed by atoms with van der Waals surface area (Å²) in [6, 6.07) is 9.74. The summed E-state index contributed by atoms with van der Waals surface area (Å²) in [4.78, 5) is 13.5. The monoisotopic (exact) mass is 438 g/mol. The van der Waals surface area contributed by atoms with Crippen molar-refractivity contribution in [3.63, 3.8) is 0 Å². The molecule has 2 aromatic carbocycles. The minimum absolute atomic E-state index is 0.0706. The van der Waals surface area contributed by atoms with Gasteiger partial charge in [-0.1, -0.05) is 15.9 Å². The molecular weight excluding hydrogens is 420 g/mol. The number of aryl methyl sites for hydroxylation is 1. The van der Waals surface area contributed by atoms with E-state index in [1.807, 2.05) is 13.8 Å². The van der Waals surface area contributed by atoms with Crippen molar-refractivity contribution in [2.75, 3.05) is 16.2 Å². The number of carbonyl (C=O) groups excluding carboxylic acids is 1. The van der Waals surface area contributed by atoms with Crippen LogP contribution in [-0.2, 0) is 14.8 Å². The van der Waals surface area contributed by atoms with Gasteiger partial charge in [0, 0.05) is 17.1 Å². The highest BCUT2D eigenvalue weighted by Gasteiger charge is 2.27. The van der Waals surface area contributed by atoms with Gasteiger partial charge in [-0.15, -0.1) is 0 Å². The number of hydrogen-bond acceptors (Lipinski definition) is 4. The number of rotatable bonds is 3. The normalized spacial score (nSPS) is 16.6. The molecule has 6 nitrogen and oxygen atoms in total. The van der Waals surface area contributed by atoms with Crippen molar-refractivity contribution in [2.45, 2.75) is 31.8 Å². The number of anilines is 2. The first-order chi connectivity index (χ1) is 12.2. The Hall–Kier alpha value is -2.06. The fourth-order valence-electron chi connectivity index (χ4n) is 2.80. The number of hydrogen-bond donors (Lipinski definition) is 1. The van der Waals surface area contributed by atoms with E-state index >= 15 is 0 Å². The molecule has 0 bridgehead atoms. The van der Waals surface area contributed by atoms with Crippen LogP contribution in [0.2, 0.25) is 0 Å². The Labute approximate surface area is 161 Å². The molecule has 1 aliphatic heterocycles. The fraction of sp³-hybridized carbons (Fsp3) is 0.278. The first-order valence-corrected chi connectivity index (χ1v) is 10.3. The van der Waals surface area contributed by atoms with E-state index in [1.54, 1.807) is 24.3 Å². The third-order valence-electron chi connectivity index (χ3n) is 4.09. The van der Waals surface area contributed by atoms with Crippen LogP contribution < -0.4 is 14.4 Å². The molecule has 0 radical (unpaired) electrons. The van der Waals surface area contributed by atoms with Gasteiger partial charge in [-0.2, -0.15) is 0 Å². The highest BCUT2D eigenvalue weighted by molar-refractivity contribution is 9.10. The molecule has 0 saturated carbocycles. The average Bonchev–Trinajstić information content (AvgIpc) is 2.56. The van der Waals surface area contributed by atoms with Gasteiger partial charge in [0.1, 0.15) is 11.9 Å². The van der Waals surface area contributed by atoms with Gasteiger partial charge in [0.2, 0.25) is 5.91 Å². The number of amides is 1. The van der Waals surface area contributed by atoms with Crippen LogP contribution in [0.25, 0.3) is 0 Å². The minimum Gasteiger partial charge on any atom is -0.487 e. The zero-order valence-electron chi connectivity index (χ0n) is 14.6. The molecular formula is C18H19BrN2O4S. The van der Waals surface area contributed by atoms with Crippen LogP contribution in [0.5, 0.6) is 5.75 Å². The molecule has 1 heterocycles. The maximum absolute atomic E-state index is 12.8. The smallest absolute Gasteiger partial charge is 0.261 e. The van der Waals surface area contributed by atoms with Crippen molar-refractivity contribution in [3.8, 4) is 5.75 Å². The molecule has 0 aliphatic carbocycles. The molecule has 1 amide bonds. The molecule has 8 heteroatoms. The van der Waals surface area contributed by atoms with Gasteiger partial charge in [-0.3, -0.25) is 9.52 Å². The van der Waals surface area contributed by atoms with Crippen LogP contribution in [0.1, 0.15) is 19.4 Å². The number of sulfonamides is 1. The topological polar surface area (TPSA) is 75.7 Å². The van der Waals surface area contributed by atoms with Gasteiger partial charge >= 0.3 is 0 Å². The number of nitrogens with one attached hydrogen (secondary N) is 1. The van der Waals surface area contributed by atoms with E-state index in [0.29, 0.717) is 23.7 Å². The standard InChI is InChI=1S/C18H19BrN2O4S/c1-11-8-14(4-6-16(11)19)20-26(23,24)15-5-7-18-17(9-15)21(13(3)22)10-12(2)25-18/h4-9,12,20H,10H2,1-3H3. The molecule has 0 aromatic heterocycles. The van der Waals surface area contributed by atoms with Crippen molar-refractivity contribution < 1.29 is 17.9 Å². The van der Waals surface area contributed by atoms with E-state index < -0.39 is 10.0 Å². The zero-order chi connectivity index (χ0) is 19.1. The van der Waals surface area contributed by atoms with E-state index in [9.17, 15) is 13.2 Å². The average molecular weight is 439 g/mol. The molecule has 1 atom stereocenters. The highest BCUT2D eigenvalue weighted by Crippen LogP contribution is 2.36. The maximum atomic E-state index is 12.8. The lowest BCUT2D eigenvalue weighted by molar-refractivity contribution is -0.117. The van der Waals surface area contributed by atoms with Crippen LogP contribution in [-0.4, -0.2) is 27.0 Å². The number of fused-ring (bicyclic) bond motifs is 1. The first kappa shape index (κ1) is 18.7. The number of nitrogens with zero attached hydrogens (tertiary/aromatic N) is 1. The summed E-state index contributed by atoms with van der Waals surface area (Å²) in [7, 11) is -3.80. The summed E-state index contributed by atoms with van der Waals surface area (Å²) in [6.07, 6.45) is -0.155. The van der Waals surface area contributed by atoms with Crippen LogP contribution in [0.4, 0.5) is 11.4 Å². The van der Waals surface area contributed by atoms with Crippen LogP contribution in [0.3, 0.4) is 0 Å². The largest absolute Gasteiger partial charge is 0.487 e. The summed E-state index contributed by atoms with van der Waals surface area (Å²) < 4.78 is 34.7. The van der Waals surface area contributed by atoms with Gasteiger partial charge in [-0.05, 0) is 55.8 Å². The lowest BCUT2D eigenvalue weighted by Gasteiger charge is -2.33. The maximum Gasteiger partial charge on any atom is 0.261 e. The van der Waals surface area contributed by atoms with Gasteiger partial charge in [0.15, 0.2) is 0 Å². The van der Waals surface area contributed by atoms with Crippen molar-refractivity contribution in [2.24, 2.45) is 0 Å². The highest BCUT2D eigenvalue weighted by atomic mass is 79.9. The second kappa shape index (κ2) is 6.92. The number of ether oxygens (including phenoxy) is 1. The quantitative estimate of drug-likeness (QED) is 0.792. The van der Waals surface area contributed by atoms with E-state index in [1.165, 1.54) is 24.0 Å². The Kier molecular flexibility index (Phi) is 4.98. The van der Waals surface area contributed by atoms with Crippen molar-refractivity contribution in [1.29, 1.82) is 0 Å². The Morgan fingerprint density at radius 3 is 2.65 bits per heavy atom. The summed E-state index contributed by atoms with van der Waals surface area (Å²) in [5, 5.41) is 0. The molecule has 1 aliphatic rings. The van der Waals surface area contributed by atoms with Crippen molar-refractivity contribution in [3.05, 3.63) is 46.4 Å². The van der Waals surface area contributed by atoms with Crippen LogP contribution in [0.15, 0.2) is 45.8 Å². The summed E-state index contributed by atoms with van der Waals surface area (Å²) in [6.45, 7) is 5.57. The van der Waals surface area contributed by atoms with Gasteiger partial charge in [0.25, 0.3) is 10.0 Å².